The fourth-order valence-electron chi connectivity index (χ4n) is 1.27. The lowest BCUT2D eigenvalue weighted by molar-refractivity contribution is 0.160. The van der Waals surface area contributed by atoms with Crippen molar-refractivity contribution in [2.24, 2.45) is 0 Å². The van der Waals surface area contributed by atoms with Gasteiger partial charge in [-0.25, -0.2) is 9.18 Å². The van der Waals surface area contributed by atoms with Crippen molar-refractivity contribution in [3.63, 3.8) is 0 Å². The van der Waals surface area contributed by atoms with Crippen LogP contribution in [0.4, 0.5) is 14.9 Å². The molecule has 0 aliphatic rings. The van der Waals surface area contributed by atoms with Gasteiger partial charge in [0.05, 0.1) is 16.8 Å². The highest BCUT2D eigenvalue weighted by Crippen LogP contribution is 2.25. The van der Waals surface area contributed by atoms with Gasteiger partial charge in [-0.2, -0.15) is 0 Å². The first-order valence-electron chi connectivity index (χ1n) is 5.44. The van der Waals surface area contributed by atoms with E-state index in [9.17, 15) is 9.18 Å². The maximum atomic E-state index is 13.6. The van der Waals surface area contributed by atoms with Gasteiger partial charge in [-0.05, 0) is 47.0 Å². The first-order valence-corrected chi connectivity index (χ1v) is 6.23. The Bertz CT molecular complexity index is 410. The van der Waals surface area contributed by atoms with Crippen LogP contribution in [-0.2, 0) is 4.74 Å². The smallest absolute Gasteiger partial charge is 0.411 e. The first-order chi connectivity index (χ1) is 8.04. The van der Waals surface area contributed by atoms with Crippen LogP contribution in [0.5, 0.6) is 0 Å². The number of aryl methyl sites for hydroxylation is 1. The maximum absolute atomic E-state index is 13.6. The van der Waals surface area contributed by atoms with Gasteiger partial charge in [-0.15, -0.1) is 0 Å². The van der Waals surface area contributed by atoms with Crippen LogP contribution in [0.1, 0.15) is 25.3 Å². The Kier molecular flexibility index (Phi) is 5.41. The van der Waals surface area contributed by atoms with E-state index in [0.717, 1.165) is 18.4 Å². The quantitative estimate of drug-likeness (QED) is 0.845. The van der Waals surface area contributed by atoms with E-state index in [1.807, 2.05) is 13.8 Å². The zero-order valence-corrected chi connectivity index (χ0v) is 11.4. The zero-order valence-electron chi connectivity index (χ0n) is 9.85. The molecule has 1 rings (SSSR count). The summed E-state index contributed by atoms with van der Waals surface area (Å²) in [6, 6.07) is 3.20. The van der Waals surface area contributed by atoms with Gasteiger partial charge in [-0.3, -0.25) is 5.32 Å². The molecule has 0 fully saturated rings. The normalized spacial score (nSPS) is 10.1. The molecule has 1 N–H and O–H groups in total. The molecule has 0 saturated carbocycles. The number of carbonyl (C=O) groups excluding carboxylic acids is 1. The zero-order chi connectivity index (χ0) is 12.8. The lowest BCUT2D eigenvalue weighted by Gasteiger charge is -2.09. The minimum Gasteiger partial charge on any atom is -0.449 e. The summed E-state index contributed by atoms with van der Waals surface area (Å²) < 4.78 is 18.8. The molecule has 17 heavy (non-hydrogen) atoms. The molecule has 0 bridgehead atoms. The van der Waals surface area contributed by atoms with Crippen molar-refractivity contribution < 1.29 is 13.9 Å². The van der Waals surface area contributed by atoms with E-state index in [1.54, 1.807) is 12.1 Å². The lowest BCUT2D eigenvalue weighted by atomic mass is 10.2. The van der Waals surface area contributed by atoms with Crippen molar-refractivity contribution in [3.05, 3.63) is 28.0 Å². The summed E-state index contributed by atoms with van der Waals surface area (Å²) in [6.07, 6.45) is 1.11. The molecule has 1 aromatic carbocycles. The largest absolute Gasteiger partial charge is 0.449 e. The van der Waals surface area contributed by atoms with E-state index in [4.69, 9.17) is 4.74 Å². The average molecular weight is 304 g/mol. The van der Waals surface area contributed by atoms with Crippen LogP contribution in [0, 0.1) is 12.7 Å². The summed E-state index contributed by atoms with van der Waals surface area (Å²) in [5.41, 5.74) is 0.973. The van der Waals surface area contributed by atoms with Gasteiger partial charge in [-0.1, -0.05) is 13.3 Å². The maximum Gasteiger partial charge on any atom is 0.411 e. The summed E-state index contributed by atoms with van der Waals surface area (Å²) in [4.78, 5) is 11.3. The molecule has 0 aromatic heterocycles. The van der Waals surface area contributed by atoms with E-state index in [1.165, 1.54) is 0 Å². The van der Waals surface area contributed by atoms with Gasteiger partial charge in [0.1, 0.15) is 0 Å². The third-order valence-corrected chi connectivity index (χ3v) is 2.72. The molecule has 0 aliphatic carbocycles. The van der Waals surface area contributed by atoms with E-state index >= 15 is 0 Å². The molecule has 0 heterocycles. The first kappa shape index (κ1) is 14.0. The lowest BCUT2D eigenvalue weighted by Crippen LogP contribution is -2.15. The Labute approximate surface area is 108 Å². The fourth-order valence-corrected chi connectivity index (χ4v) is 1.85. The van der Waals surface area contributed by atoms with E-state index in [0.29, 0.717) is 11.1 Å². The van der Waals surface area contributed by atoms with Crippen LogP contribution in [-0.4, -0.2) is 12.7 Å². The van der Waals surface area contributed by atoms with Crippen molar-refractivity contribution in [2.75, 3.05) is 11.9 Å². The number of hydrogen-bond acceptors (Lipinski definition) is 2. The molecule has 0 saturated heterocycles. The summed E-state index contributed by atoms with van der Waals surface area (Å²) in [5.74, 6) is -0.497. The van der Waals surface area contributed by atoms with Crippen molar-refractivity contribution in [1.29, 1.82) is 0 Å². The molecule has 0 unspecified atom stereocenters. The minimum atomic E-state index is -0.630. The molecule has 0 aliphatic heterocycles. The second kappa shape index (κ2) is 6.59. The van der Waals surface area contributed by atoms with Crippen LogP contribution < -0.4 is 5.32 Å². The van der Waals surface area contributed by atoms with Crippen LogP contribution in [0.2, 0.25) is 0 Å². The van der Waals surface area contributed by atoms with E-state index in [-0.39, 0.29) is 5.69 Å². The molecular weight excluding hydrogens is 289 g/mol. The summed E-state index contributed by atoms with van der Waals surface area (Å²) in [7, 11) is 0. The van der Waals surface area contributed by atoms with Gasteiger partial charge >= 0.3 is 6.09 Å². The second-order valence-corrected chi connectivity index (χ2v) is 4.58. The second-order valence-electron chi connectivity index (χ2n) is 3.72. The average Bonchev–Trinajstić information content (AvgIpc) is 2.25. The fraction of sp³-hybridized carbons (Fsp3) is 0.417. The summed E-state index contributed by atoms with van der Waals surface area (Å²) in [6.45, 7) is 4.16. The van der Waals surface area contributed by atoms with Gasteiger partial charge in [0.2, 0.25) is 0 Å². The number of benzene rings is 1. The molecule has 5 heteroatoms. The highest BCUT2D eigenvalue weighted by Gasteiger charge is 2.11. The van der Waals surface area contributed by atoms with Crippen LogP contribution in [0.15, 0.2) is 16.6 Å². The number of nitrogens with one attached hydrogen (secondary N) is 1. The van der Waals surface area contributed by atoms with Crippen molar-refractivity contribution in [2.45, 2.75) is 26.7 Å². The van der Waals surface area contributed by atoms with Crippen molar-refractivity contribution in [3.8, 4) is 0 Å². The molecule has 3 nitrogen and oxygen atoms in total. The van der Waals surface area contributed by atoms with Gasteiger partial charge in [0, 0.05) is 0 Å². The number of hydrogen-bond donors (Lipinski definition) is 1. The molecule has 0 atom stereocenters. The molecular formula is C12H15BrFNO2. The number of unbranched alkanes of at least 4 members (excludes halogenated alkanes) is 1. The molecule has 94 valence electrons. The standard InChI is InChI=1S/C12H15BrFNO2/c1-3-4-5-17-12(16)15-10-7-8(2)6-9(13)11(10)14/h6-7H,3-5H2,1-2H3,(H,15,16). The summed E-state index contributed by atoms with van der Waals surface area (Å²) >= 11 is 3.08. The Morgan fingerprint density at radius 3 is 2.88 bits per heavy atom. The monoisotopic (exact) mass is 303 g/mol. The number of rotatable bonds is 4. The number of anilines is 1. The van der Waals surface area contributed by atoms with Crippen LogP contribution in [0.3, 0.4) is 0 Å². The van der Waals surface area contributed by atoms with Gasteiger partial charge < -0.3 is 4.74 Å². The third-order valence-electron chi connectivity index (χ3n) is 2.14. The third kappa shape index (κ3) is 4.34. The number of amides is 1. The molecule has 1 amide bonds. The van der Waals surface area contributed by atoms with Crippen LogP contribution >= 0.6 is 15.9 Å². The van der Waals surface area contributed by atoms with Gasteiger partial charge in [0.25, 0.3) is 0 Å². The predicted molar refractivity (Wildman–Crippen MR) is 68.7 cm³/mol. The molecule has 0 radical (unpaired) electrons. The number of ether oxygens (including phenoxy) is 1. The van der Waals surface area contributed by atoms with Crippen molar-refractivity contribution in [1.82, 2.24) is 0 Å². The SMILES string of the molecule is CCCCOC(=O)Nc1cc(C)cc(Br)c1F. The molecule has 0 spiro atoms. The topological polar surface area (TPSA) is 38.3 Å². The van der Waals surface area contributed by atoms with Gasteiger partial charge in [0.15, 0.2) is 5.82 Å². The Morgan fingerprint density at radius 1 is 1.53 bits per heavy atom. The van der Waals surface area contributed by atoms with E-state index < -0.39 is 11.9 Å². The number of carbonyl (C=O) groups is 1. The minimum absolute atomic E-state index is 0.123. The Hall–Kier alpha value is -1.10. The van der Waals surface area contributed by atoms with Crippen LogP contribution in [0.25, 0.3) is 0 Å². The van der Waals surface area contributed by atoms with E-state index in [2.05, 4.69) is 21.2 Å². The Morgan fingerprint density at radius 2 is 2.24 bits per heavy atom. The van der Waals surface area contributed by atoms with Crippen molar-refractivity contribution >= 4 is 27.7 Å². The Balaban J connectivity index is 2.65. The highest BCUT2D eigenvalue weighted by molar-refractivity contribution is 9.10. The molecule has 1 aromatic rings. The highest BCUT2D eigenvalue weighted by atomic mass is 79.9. The summed E-state index contributed by atoms with van der Waals surface area (Å²) in [5, 5.41) is 2.38. The predicted octanol–water partition coefficient (Wildman–Crippen LogP) is 4.25. The number of halogens is 2.